The van der Waals surface area contributed by atoms with Crippen LogP contribution in [-0.4, -0.2) is 61.9 Å². The number of aromatic nitrogens is 2. The predicted molar refractivity (Wildman–Crippen MR) is 159 cm³/mol. The summed E-state index contributed by atoms with van der Waals surface area (Å²) < 4.78 is 1.90. The summed E-state index contributed by atoms with van der Waals surface area (Å²) >= 11 is 0. The Labute approximate surface area is 246 Å². The molecule has 226 valence electrons. The summed E-state index contributed by atoms with van der Waals surface area (Å²) in [6, 6.07) is 9.21. The molecule has 4 fully saturated rings. The molecule has 4 unspecified atom stereocenters. The number of piperidine rings is 2. The van der Waals surface area contributed by atoms with Crippen molar-refractivity contribution < 1.29 is 19.5 Å². The lowest BCUT2D eigenvalue weighted by molar-refractivity contribution is -0.142. The Balaban J connectivity index is 1.34. The lowest BCUT2D eigenvalue weighted by Crippen LogP contribution is -2.58. The first-order chi connectivity index (χ1) is 20.4. The Bertz CT molecular complexity index is 1380. The van der Waals surface area contributed by atoms with Crippen LogP contribution in [0.15, 0.2) is 34.2 Å². The van der Waals surface area contributed by atoms with E-state index in [2.05, 4.69) is 15.0 Å². The number of primary amides is 1. The van der Waals surface area contributed by atoms with Gasteiger partial charge in [0.1, 0.15) is 5.71 Å². The van der Waals surface area contributed by atoms with E-state index in [4.69, 9.17) is 15.7 Å². The maximum Gasteiger partial charge on any atom is 0.344 e. The molecule has 10 heteroatoms. The van der Waals surface area contributed by atoms with Crippen molar-refractivity contribution in [2.24, 2.45) is 22.7 Å². The molecular weight excluding hydrogens is 534 g/mol. The zero-order valence-corrected chi connectivity index (χ0v) is 24.3. The van der Waals surface area contributed by atoms with Gasteiger partial charge in [-0.1, -0.05) is 49.4 Å². The van der Waals surface area contributed by atoms with E-state index < -0.39 is 18.5 Å². The Kier molecular flexibility index (Phi) is 8.60. The van der Waals surface area contributed by atoms with Gasteiger partial charge in [-0.15, -0.1) is 0 Å². The number of benzene rings is 1. The van der Waals surface area contributed by atoms with Gasteiger partial charge in [-0.05, 0) is 68.9 Å². The normalized spacial score (nSPS) is 30.0. The molecule has 2 aliphatic carbocycles. The number of carbonyl (C=O) groups is 2. The highest BCUT2D eigenvalue weighted by Gasteiger charge is 2.45. The van der Waals surface area contributed by atoms with Gasteiger partial charge in [0.05, 0.1) is 11.0 Å². The third-order valence-corrected chi connectivity index (χ3v) is 10.2. The second-order valence-corrected chi connectivity index (χ2v) is 13.0. The minimum Gasteiger partial charge on any atom is -0.479 e. The molecule has 4 bridgehead atoms. The number of nitrogens with zero attached hydrogens (tertiary/aromatic N) is 4. The zero-order chi connectivity index (χ0) is 29.2. The van der Waals surface area contributed by atoms with Crippen LogP contribution in [0.25, 0.3) is 11.0 Å². The van der Waals surface area contributed by atoms with Crippen LogP contribution in [0.3, 0.4) is 0 Å². The van der Waals surface area contributed by atoms with E-state index in [0.717, 1.165) is 43.0 Å². The van der Waals surface area contributed by atoms with Crippen molar-refractivity contribution in [2.45, 2.75) is 114 Å². The number of aliphatic carboxylic acids is 1. The van der Waals surface area contributed by atoms with E-state index in [-0.39, 0.29) is 35.8 Å². The second-order valence-electron chi connectivity index (χ2n) is 13.0. The van der Waals surface area contributed by atoms with Crippen LogP contribution in [0.2, 0.25) is 0 Å². The molecule has 1 aromatic carbocycles. The standard InChI is InChI=1S/C32H43N5O5/c33-29(38)13-12-27(35-42-19-30(39)40)31-32(41)37(28-11-4-3-10-26(28)34-31)25-17-22-8-5-9-23(18-25)36(22)24-15-20-6-1-2-7-21(14-20)16-24/h3-4,10-11,20-25H,1-2,5-9,12-19H2,(H2,33,38)(H,39,40). The van der Waals surface area contributed by atoms with Crippen molar-refractivity contribution >= 4 is 28.6 Å². The van der Waals surface area contributed by atoms with E-state index in [1.807, 2.05) is 28.8 Å². The molecule has 0 radical (unpaired) electrons. The maximum atomic E-state index is 14.3. The molecule has 1 amide bonds. The number of oxime groups is 1. The molecule has 0 spiro atoms. The van der Waals surface area contributed by atoms with Crippen LogP contribution in [0, 0.1) is 11.8 Å². The molecule has 6 rings (SSSR count). The molecule has 4 aliphatic rings. The van der Waals surface area contributed by atoms with Crippen molar-refractivity contribution in [3.63, 3.8) is 0 Å². The molecule has 1 aromatic heterocycles. The van der Waals surface area contributed by atoms with Crippen LogP contribution in [0.5, 0.6) is 0 Å². The van der Waals surface area contributed by atoms with E-state index in [9.17, 15) is 14.4 Å². The number of rotatable bonds is 9. The van der Waals surface area contributed by atoms with Gasteiger partial charge in [-0.3, -0.25) is 14.5 Å². The average Bonchev–Trinajstić information content (AvgIpc) is 3.12. The summed E-state index contributed by atoms with van der Waals surface area (Å²) in [5.41, 5.74) is 6.78. The van der Waals surface area contributed by atoms with Crippen LogP contribution in [-0.2, 0) is 14.4 Å². The van der Waals surface area contributed by atoms with Crippen molar-refractivity contribution in [3.8, 4) is 0 Å². The first kappa shape index (κ1) is 28.8. The molecule has 42 heavy (non-hydrogen) atoms. The van der Waals surface area contributed by atoms with Gasteiger partial charge in [0, 0.05) is 37.0 Å². The average molecular weight is 578 g/mol. The van der Waals surface area contributed by atoms with Gasteiger partial charge in [0.25, 0.3) is 5.56 Å². The molecule has 4 atom stereocenters. The van der Waals surface area contributed by atoms with E-state index in [1.165, 1.54) is 51.4 Å². The fourth-order valence-electron chi connectivity index (χ4n) is 8.63. The van der Waals surface area contributed by atoms with Gasteiger partial charge in [-0.25, -0.2) is 9.78 Å². The summed E-state index contributed by atoms with van der Waals surface area (Å²) in [5.74, 6) is -0.00634. The number of carboxylic acids is 1. The molecule has 2 saturated carbocycles. The highest BCUT2D eigenvalue weighted by Crippen LogP contribution is 2.47. The van der Waals surface area contributed by atoms with Gasteiger partial charge in [0.15, 0.2) is 5.69 Å². The van der Waals surface area contributed by atoms with Crippen molar-refractivity contribution in [2.75, 3.05) is 6.61 Å². The summed E-state index contributed by atoms with van der Waals surface area (Å²) in [6.07, 6.45) is 15.0. The van der Waals surface area contributed by atoms with Crippen LogP contribution in [0.4, 0.5) is 0 Å². The lowest BCUT2D eigenvalue weighted by Gasteiger charge is -2.54. The number of hydrogen-bond acceptors (Lipinski definition) is 7. The maximum absolute atomic E-state index is 14.3. The summed E-state index contributed by atoms with van der Waals surface area (Å²) in [6.45, 7) is -0.660. The first-order valence-corrected chi connectivity index (χ1v) is 15.9. The van der Waals surface area contributed by atoms with Gasteiger partial charge < -0.3 is 20.2 Å². The van der Waals surface area contributed by atoms with Gasteiger partial charge in [0.2, 0.25) is 12.5 Å². The summed E-state index contributed by atoms with van der Waals surface area (Å²) in [4.78, 5) is 49.5. The molecule has 2 aromatic rings. The Hall–Kier alpha value is -3.27. The number of carbonyl (C=O) groups excluding carboxylic acids is 1. The number of nitrogens with two attached hydrogens (primary N) is 1. The van der Waals surface area contributed by atoms with E-state index in [1.54, 1.807) is 0 Å². The highest BCUT2D eigenvalue weighted by atomic mass is 16.6. The van der Waals surface area contributed by atoms with Crippen LogP contribution < -0.4 is 11.3 Å². The van der Waals surface area contributed by atoms with Crippen molar-refractivity contribution in [3.05, 3.63) is 40.3 Å². The summed E-state index contributed by atoms with van der Waals surface area (Å²) in [7, 11) is 0. The molecule has 2 saturated heterocycles. The lowest BCUT2D eigenvalue weighted by atomic mass is 9.73. The van der Waals surface area contributed by atoms with E-state index in [0.29, 0.717) is 23.6 Å². The fraction of sp³-hybridized carbons (Fsp3) is 0.656. The Morgan fingerprint density at radius 2 is 1.60 bits per heavy atom. The number of fused-ring (bicyclic) bond motifs is 5. The number of amides is 1. The molecule has 3 heterocycles. The molecule has 3 N–H and O–H groups in total. The molecule has 2 aliphatic heterocycles. The Morgan fingerprint density at radius 3 is 2.26 bits per heavy atom. The third kappa shape index (κ3) is 6.09. The highest BCUT2D eigenvalue weighted by molar-refractivity contribution is 6.01. The molecule has 10 nitrogen and oxygen atoms in total. The first-order valence-electron chi connectivity index (χ1n) is 15.9. The number of carboxylic acid groups (broad SMARTS) is 1. The van der Waals surface area contributed by atoms with E-state index >= 15 is 0 Å². The minimum atomic E-state index is -1.19. The summed E-state index contributed by atoms with van der Waals surface area (Å²) in [5, 5.41) is 13.0. The van der Waals surface area contributed by atoms with Crippen LogP contribution in [0.1, 0.15) is 102 Å². The SMILES string of the molecule is NC(=O)CCC(=NOCC(=O)O)c1nc2ccccc2n(C2CC3CCCC(C2)N3C2CC3CCCCC(C3)C2)c1=O. The van der Waals surface area contributed by atoms with Gasteiger partial charge in [-0.2, -0.15) is 0 Å². The number of hydrogen-bond donors (Lipinski definition) is 2. The Morgan fingerprint density at radius 1 is 0.905 bits per heavy atom. The zero-order valence-electron chi connectivity index (χ0n) is 24.3. The largest absolute Gasteiger partial charge is 0.479 e. The van der Waals surface area contributed by atoms with Crippen LogP contribution >= 0.6 is 0 Å². The van der Waals surface area contributed by atoms with Gasteiger partial charge >= 0.3 is 5.97 Å². The van der Waals surface area contributed by atoms with Crippen molar-refractivity contribution in [1.82, 2.24) is 14.5 Å². The topological polar surface area (TPSA) is 140 Å². The minimum absolute atomic E-state index is 0.0129. The quantitative estimate of drug-likeness (QED) is 0.333. The predicted octanol–water partition coefficient (Wildman–Crippen LogP) is 4.38. The number of para-hydroxylation sites is 2. The monoisotopic (exact) mass is 577 g/mol. The van der Waals surface area contributed by atoms with Crippen molar-refractivity contribution in [1.29, 1.82) is 0 Å². The fourth-order valence-corrected chi connectivity index (χ4v) is 8.63. The second kappa shape index (κ2) is 12.5. The smallest absolute Gasteiger partial charge is 0.344 e. The third-order valence-electron chi connectivity index (χ3n) is 10.2. The molecular formula is C32H43N5O5.